The molecule has 0 saturated carbocycles. The van der Waals surface area contributed by atoms with Crippen molar-refractivity contribution in [1.82, 2.24) is 14.6 Å². The number of sulfonamides is 1. The molecule has 8 nitrogen and oxygen atoms in total. The van der Waals surface area contributed by atoms with Crippen molar-refractivity contribution in [1.29, 1.82) is 0 Å². The molecule has 3 heterocycles. The van der Waals surface area contributed by atoms with E-state index in [2.05, 4.69) is 34.1 Å². The predicted molar refractivity (Wildman–Crippen MR) is 138 cm³/mol. The molecule has 4 aromatic rings. The minimum atomic E-state index is -3.41. The van der Waals surface area contributed by atoms with Crippen molar-refractivity contribution in [3.63, 3.8) is 0 Å². The maximum absolute atomic E-state index is 12.2. The second-order valence-electron chi connectivity index (χ2n) is 8.63. The Kier molecular flexibility index (Phi) is 5.65. The molecule has 0 atom stereocenters. The summed E-state index contributed by atoms with van der Waals surface area (Å²) in [5, 5.41) is 4.80. The summed E-state index contributed by atoms with van der Waals surface area (Å²) in [5.41, 5.74) is 5.23. The van der Waals surface area contributed by atoms with Crippen LogP contribution in [0.5, 0.6) is 0 Å². The zero-order valence-electron chi connectivity index (χ0n) is 19.6. The van der Waals surface area contributed by atoms with Gasteiger partial charge in [0.1, 0.15) is 0 Å². The lowest BCUT2D eigenvalue weighted by Gasteiger charge is -2.21. The molecule has 176 valence electrons. The van der Waals surface area contributed by atoms with Crippen molar-refractivity contribution in [3.05, 3.63) is 66.9 Å². The fourth-order valence-electron chi connectivity index (χ4n) is 4.37. The highest BCUT2D eigenvalue weighted by Gasteiger charge is 2.19. The van der Waals surface area contributed by atoms with E-state index < -0.39 is 10.0 Å². The third-order valence-electron chi connectivity index (χ3n) is 6.41. The molecular weight excluding hydrogens is 448 g/mol. The Hall–Kier alpha value is -3.59. The molecule has 0 amide bonds. The summed E-state index contributed by atoms with van der Waals surface area (Å²) in [6, 6.07) is 19.8. The van der Waals surface area contributed by atoms with Gasteiger partial charge < -0.3 is 9.80 Å². The fourth-order valence-corrected chi connectivity index (χ4v) is 4.89. The summed E-state index contributed by atoms with van der Waals surface area (Å²) in [6.45, 7) is 2.22. The van der Waals surface area contributed by atoms with Crippen LogP contribution in [0.4, 0.5) is 23.0 Å². The number of fused-ring (bicyclic) bond motifs is 1. The van der Waals surface area contributed by atoms with Gasteiger partial charge in [-0.2, -0.15) is 0 Å². The standard InChI is InChI=1S/C25H28N6O2S/c1-28(19-10-12-20(13-11-19)30-16-6-7-17-30)25-26-18-21-14-15-24(31(21)27-25)22-8-4-5-9-23(22)29(2)34(3,32)33/h4-5,8-15,18H,6-7,16-17H2,1-3H3. The number of hydrogen-bond donors (Lipinski definition) is 0. The number of benzene rings is 2. The molecule has 5 rings (SSSR count). The van der Waals surface area contributed by atoms with Crippen LogP contribution in [0, 0.1) is 0 Å². The van der Waals surface area contributed by atoms with E-state index in [1.807, 2.05) is 46.8 Å². The van der Waals surface area contributed by atoms with Crippen molar-refractivity contribution in [2.24, 2.45) is 0 Å². The number of nitrogens with zero attached hydrogens (tertiary/aromatic N) is 6. The van der Waals surface area contributed by atoms with Gasteiger partial charge in [0, 0.05) is 44.1 Å². The van der Waals surface area contributed by atoms with Gasteiger partial charge in [0.25, 0.3) is 0 Å². The van der Waals surface area contributed by atoms with Crippen LogP contribution in [0.25, 0.3) is 16.8 Å². The molecule has 0 radical (unpaired) electrons. The van der Waals surface area contributed by atoms with E-state index in [0.717, 1.165) is 35.6 Å². The molecule has 0 spiro atoms. The van der Waals surface area contributed by atoms with E-state index in [-0.39, 0.29) is 0 Å². The average molecular weight is 477 g/mol. The molecule has 1 aliphatic rings. The molecule has 1 fully saturated rings. The lowest BCUT2D eigenvalue weighted by Crippen LogP contribution is -2.25. The highest BCUT2D eigenvalue weighted by Crippen LogP contribution is 2.33. The van der Waals surface area contributed by atoms with Crippen molar-refractivity contribution in [3.8, 4) is 11.3 Å². The van der Waals surface area contributed by atoms with Gasteiger partial charge in [-0.05, 0) is 55.3 Å². The monoisotopic (exact) mass is 476 g/mol. The molecule has 0 bridgehead atoms. The van der Waals surface area contributed by atoms with Crippen molar-refractivity contribution in [2.45, 2.75) is 12.8 Å². The number of anilines is 4. The quantitative estimate of drug-likeness (QED) is 0.416. The Morgan fingerprint density at radius 3 is 2.32 bits per heavy atom. The number of rotatable bonds is 6. The van der Waals surface area contributed by atoms with Crippen LogP contribution >= 0.6 is 0 Å². The topological polar surface area (TPSA) is 74.0 Å². The second kappa shape index (κ2) is 8.64. The van der Waals surface area contributed by atoms with E-state index in [0.29, 0.717) is 11.6 Å². The van der Waals surface area contributed by atoms with Crippen molar-refractivity contribution >= 4 is 38.6 Å². The number of hydrogen-bond acceptors (Lipinski definition) is 6. The lowest BCUT2D eigenvalue weighted by molar-refractivity contribution is 0.600. The Labute approximate surface area is 200 Å². The maximum atomic E-state index is 12.2. The van der Waals surface area contributed by atoms with Crippen LogP contribution in [0.2, 0.25) is 0 Å². The predicted octanol–water partition coefficient (Wildman–Crippen LogP) is 4.16. The Bertz CT molecular complexity index is 1430. The normalized spacial score (nSPS) is 14.0. The minimum absolute atomic E-state index is 0.549. The van der Waals surface area contributed by atoms with Crippen LogP contribution in [0.15, 0.2) is 66.9 Å². The van der Waals surface area contributed by atoms with E-state index in [1.54, 1.807) is 19.3 Å². The van der Waals surface area contributed by atoms with E-state index >= 15 is 0 Å². The third kappa shape index (κ3) is 4.07. The highest BCUT2D eigenvalue weighted by atomic mass is 32.2. The first-order valence-corrected chi connectivity index (χ1v) is 13.1. The molecule has 34 heavy (non-hydrogen) atoms. The van der Waals surface area contributed by atoms with Gasteiger partial charge in [-0.15, -0.1) is 5.10 Å². The lowest BCUT2D eigenvalue weighted by atomic mass is 10.1. The zero-order valence-corrected chi connectivity index (χ0v) is 20.4. The van der Waals surface area contributed by atoms with Gasteiger partial charge in [0.15, 0.2) is 0 Å². The molecule has 1 aliphatic heterocycles. The van der Waals surface area contributed by atoms with E-state index in [1.165, 1.54) is 29.1 Å². The highest BCUT2D eigenvalue weighted by molar-refractivity contribution is 7.92. The Balaban J connectivity index is 1.51. The summed E-state index contributed by atoms with van der Waals surface area (Å²) in [7, 11) is 0.0939. The van der Waals surface area contributed by atoms with Crippen LogP contribution in [0.1, 0.15) is 12.8 Å². The molecule has 1 saturated heterocycles. The molecule has 9 heteroatoms. The molecule has 2 aromatic carbocycles. The zero-order chi connectivity index (χ0) is 23.9. The van der Waals surface area contributed by atoms with Crippen molar-refractivity contribution in [2.75, 3.05) is 47.5 Å². The fraction of sp³-hybridized carbons (Fsp3) is 0.280. The summed E-state index contributed by atoms with van der Waals surface area (Å²) < 4.78 is 27.5. The van der Waals surface area contributed by atoms with Gasteiger partial charge >= 0.3 is 0 Å². The molecular formula is C25H28N6O2S. The molecule has 2 aromatic heterocycles. The van der Waals surface area contributed by atoms with Gasteiger partial charge in [-0.25, -0.2) is 17.9 Å². The second-order valence-corrected chi connectivity index (χ2v) is 10.6. The first kappa shape index (κ1) is 22.2. The summed E-state index contributed by atoms with van der Waals surface area (Å²) in [4.78, 5) is 8.92. The third-order valence-corrected chi connectivity index (χ3v) is 7.60. The molecule has 0 N–H and O–H groups in total. The Morgan fingerprint density at radius 1 is 0.912 bits per heavy atom. The Morgan fingerprint density at radius 2 is 1.62 bits per heavy atom. The largest absolute Gasteiger partial charge is 0.372 e. The van der Waals surface area contributed by atoms with Gasteiger partial charge in [-0.3, -0.25) is 4.31 Å². The SMILES string of the molecule is CN(c1ccc(N2CCCC2)cc1)c1ncc2ccc(-c3ccccc3N(C)S(C)(=O)=O)n2n1. The van der Waals surface area contributed by atoms with E-state index in [9.17, 15) is 8.42 Å². The number of para-hydroxylation sites is 1. The van der Waals surface area contributed by atoms with Crippen molar-refractivity contribution < 1.29 is 8.42 Å². The van der Waals surface area contributed by atoms with Crippen LogP contribution in [-0.2, 0) is 10.0 Å². The van der Waals surface area contributed by atoms with Crippen LogP contribution < -0.4 is 14.1 Å². The summed E-state index contributed by atoms with van der Waals surface area (Å²) in [5.74, 6) is 0.549. The van der Waals surface area contributed by atoms with Gasteiger partial charge in [0.05, 0.1) is 29.4 Å². The first-order chi connectivity index (χ1) is 16.3. The minimum Gasteiger partial charge on any atom is -0.372 e. The maximum Gasteiger partial charge on any atom is 0.247 e. The van der Waals surface area contributed by atoms with E-state index in [4.69, 9.17) is 5.10 Å². The van der Waals surface area contributed by atoms with Gasteiger partial charge in [0.2, 0.25) is 16.0 Å². The number of aromatic nitrogens is 3. The summed E-state index contributed by atoms with van der Waals surface area (Å²) >= 11 is 0. The summed E-state index contributed by atoms with van der Waals surface area (Å²) in [6.07, 6.45) is 5.48. The smallest absolute Gasteiger partial charge is 0.247 e. The molecule has 0 aliphatic carbocycles. The van der Waals surface area contributed by atoms with Crippen LogP contribution in [-0.4, -0.2) is 56.5 Å². The van der Waals surface area contributed by atoms with Gasteiger partial charge in [-0.1, -0.05) is 18.2 Å². The van der Waals surface area contributed by atoms with Crippen LogP contribution in [0.3, 0.4) is 0 Å². The first-order valence-electron chi connectivity index (χ1n) is 11.3. The molecule has 0 unspecified atom stereocenters. The average Bonchev–Trinajstić information content (AvgIpc) is 3.53.